The Morgan fingerprint density at radius 3 is 2.56 bits per heavy atom. The molecule has 0 aliphatic rings. The van der Waals surface area contributed by atoms with Gasteiger partial charge >= 0.3 is 0 Å². The van der Waals surface area contributed by atoms with E-state index >= 15 is 0 Å². The van der Waals surface area contributed by atoms with E-state index in [1.807, 2.05) is 6.07 Å². The molecule has 0 saturated carbocycles. The van der Waals surface area contributed by atoms with Crippen molar-refractivity contribution in [2.45, 2.75) is 4.90 Å². The number of benzene rings is 2. The summed E-state index contributed by atoms with van der Waals surface area (Å²) < 4.78 is 28.6. The number of rotatable bonds is 5. The van der Waals surface area contributed by atoms with E-state index in [1.54, 1.807) is 24.3 Å². The van der Waals surface area contributed by atoms with Crippen LogP contribution >= 0.6 is 0 Å². The fourth-order valence-electron chi connectivity index (χ4n) is 2.15. The van der Waals surface area contributed by atoms with E-state index in [0.717, 1.165) is 6.07 Å². The third-order valence-electron chi connectivity index (χ3n) is 3.37. The van der Waals surface area contributed by atoms with Crippen LogP contribution in [0, 0.1) is 10.1 Å². The predicted molar refractivity (Wildman–Crippen MR) is 91.9 cm³/mol. The van der Waals surface area contributed by atoms with Crippen molar-refractivity contribution in [3.8, 4) is 5.69 Å². The molecule has 0 fully saturated rings. The molecule has 0 saturated heterocycles. The Morgan fingerprint density at radius 1 is 1.16 bits per heavy atom. The number of nitrogens with two attached hydrogens (primary N) is 1. The van der Waals surface area contributed by atoms with Crippen molar-refractivity contribution in [2.24, 2.45) is 0 Å². The lowest BCUT2D eigenvalue weighted by atomic mass is 10.2. The van der Waals surface area contributed by atoms with Gasteiger partial charge in [0.15, 0.2) is 0 Å². The molecule has 0 bridgehead atoms. The van der Waals surface area contributed by atoms with E-state index < -0.39 is 14.9 Å². The van der Waals surface area contributed by atoms with Crippen molar-refractivity contribution < 1.29 is 13.3 Å². The van der Waals surface area contributed by atoms with E-state index in [0.29, 0.717) is 5.69 Å². The minimum absolute atomic E-state index is 0.0355. The molecule has 3 rings (SSSR count). The third-order valence-corrected chi connectivity index (χ3v) is 4.71. The lowest BCUT2D eigenvalue weighted by Gasteiger charge is -2.07. The molecule has 0 radical (unpaired) electrons. The van der Waals surface area contributed by atoms with Crippen LogP contribution in [-0.4, -0.2) is 23.1 Å². The fourth-order valence-corrected chi connectivity index (χ4v) is 3.13. The Morgan fingerprint density at radius 2 is 1.88 bits per heavy atom. The number of aromatic nitrogens is 2. The van der Waals surface area contributed by atoms with Gasteiger partial charge in [0, 0.05) is 6.07 Å². The molecule has 0 aliphatic carbocycles. The molecular formula is C15H13N5O4S. The van der Waals surface area contributed by atoms with Gasteiger partial charge in [0.2, 0.25) is 0 Å². The Hall–Kier alpha value is -3.40. The predicted octanol–water partition coefficient (Wildman–Crippen LogP) is 2.16. The molecule has 0 aliphatic heterocycles. The number of nitro groups is 1. The summed E-state index contributed by atoms with van der Waals surface area (Å²) in [4.78, 5) is 10.2. The Kier molecular flexibility index (Phi) is 4.11. The summed E-state index contributed by atoms with van der Waals surface area (Å²) in [5.74, 6) is 0. The summed E-state index contributed by atoms with van der Waals surface area (Å²) in [5.41, 5.74) is 5.81. The van der Waals surface area contributed by atoms with E-state index in [-0.39, 0.29) is 22.0 Å². The third kappa shape index (κ3) is 3.43. The molecule has 3 aromatic rings. The first kappa shape index (κ1) is 16.5. The number of nitrogens with zero attached hydrogens (tertiary/aromatic N) is 3. The Labute approximate surface area is 142 Å². The molecule has 9 nitrogen and oxygen atoms in total. The van der Waals surface area contributed by atoms with Crippen LogP contribution in [-0.2, 0) is 10.0 Å². The largest absolute Gasteiger partial charge is 0.393 e. The molecule has 128 valence electrons. The van der Waals surface area contributed by atoms with Crippen LogP contribution in [0.5, 0.6) is 0 Å². The number of nitro benzene ring substituents is 1. The van der Waals surface area contributed by atoms with Crippen molar-refractivity contribution >= 4 is 27.1 Å². The van der Waals surface area contributed by atoms with E-state index in [1.165, 1.54) is 29.2 Å². The number of nitrogens with one attached hydrogen (secondary N) is 1. The van der Waals surface area contributed by atoms with Crippen LogP contribution in [0.2, 0.25) is 0 Å². The van der Waals surface area contributed by atoms with Gasteiger partial charge in [-0.2, -0.15) is 5.10 Å². The first-order chi connectivity index (χ1) is 11.9. The topological polar surface area (TPSA) is 133 Å². The van der Waals surface area contributed by atoms with Crippen LogP contribution in [0.25, 0.3) is 5.69 Å². The summed E-state index contributed by atoms with van der Waals surface area (Å²) in [6, 6.07) is 12.7. The second-order valence-corrected chi connectivity index (χ2v) is 6.77. The highest BCUT2D eigenvalue weighted by atomic mass is 32.2. The average molecular weight is 359 g/mol. The molecule has 0 unspecified atom stereocenters. The van der Waals surface area contributed by atoms with Gasteiger partial charge in [-0.05, 0) is 24.3 Å². The quantitative estimate of drug-likeness (QED) is 0.407. The number of hydrogen-bond donors (Lipinski definition) is 2. The Bertz CT molecular complexity index is 1030. The number of nitrogen functional groups attached to an aromatic ring is 1. The maximum absolute atomic E-state index is 12.4. The molecule has 0 amide bonds. The molecule has 1 heterocycles. The van der Waals surface area contributed by atoms with Gasteiger partial charge in [0.1, 0.15) is 10.6 Å². The molecule has 0 atom stereocenters. The minimum atomic E-state index is -3.95. The van der Waals surface area contributed by atoms with Crippen LogP contribution in [0.1, 0.15) is 0 Å². The first-order valence-electron chi connectivity index (χ1n) is 7.04. The Balaban J connectivity index is 1.89. The van der Waals surface area contributed by atoms with Crippen LogP contribution in [0.15, 0.2) is 65.8 Å². The fraction of sp³-hybridized carbons (Fsp3) is 0. The normalized spacial score (nSPS) is 11.2. The number of anilines is 2. The summed E-state index contributed by atoms with van der Waals surface area (Å²) in [5, 5.41) is 14.9. The lowest BCUT2D eigenvalue weighted by molar-refractivity contribution is -0.383. The molecule has 0 spiro atoms. The van der Waals surface area contributed by atoms with E-state index in [9.17, 15) is 18.5 Å². The van der Waals surface area contributed by atoms with Gasteiger partial charge in [0.25, 0.3) is 15.7 Å². The first-order valence-corrected chi connectivity index (χ1v) is 8.52. The molecule has 3 N–H and O–H groups in total. The SMILES string of the molecule is Nc1ccc(NS(=O)(=O)c2cnn(-c3ccccc3)c2)cc1[N+](=O)[O-]. The van der Waals surface area contributed by atoms with Crippen molar-refractivity contribution in [2.75, 3.05) is 10.5 Å². The zero-order chi connectivity index (χ0) is 18.0. The van der Waals surface area contributed by atoms with Crippen LogP contribution < -0.4 is 10.5 Å². The van der Waals surface area contributed by atoms with Gasteiger partial charge in [-0.25, -0.2) is 13.1 Å². The zero-order valence-electron chi connectivity index (χ0n) is 12.7. The van der Waals surface area contributed by atoms with E-state index in [4.69, 9.17) is 5.73 Å². The zero-order valence-corrected chi connectivity index (χ0v) is 13.6. The van der Waals surface area contributed by atoms with Crippen LogP contribution in [0.3, 0.4) is 0 Å². The van der Waals surface area contributed by atoms with Gasteiger partial charge in [-0.3, -0.25) is 14.8 Å². The lowest BCUT2D eigenvalue weighted by Crippen LogP contribution is -2.12. The van der Waals surface area contributed by atoms with Crippen molar-refractivity contribution in [3.05, 3.63) is 71.0 Å². The number of sulfonamides is 1. The van der Waals surface area contributed by atoms with Gasteiger partial charge < -0.3 is 5.73 Å². The maximum atomic E-state index is 12.4. The van der Waals surface area contributed by atoms with Crippen molar-refractivity contribution in [1.29, 1.82) is 0 Å². The van der Waals surface area contributed by atoms with Gasteiger partial charge in [-0.1, -0.05) is 18.2 Å². The minimum Gasteiger partial charge on any atom is -0.393 e. The van der Waals surface area contributed by atoms with Gasteiger partial charge in [-0.15, -0.1) is 0 Å². The summed E-state index contributed by atoms with van der Waals surface area (Å²) in [6.45, 7) is 0. The highest BCUT2D eigenvalue weighted by Gasteiger charge is 2.19. The smallest absolute Gasteiger partial charge is 0.294 e. The number of para-hydroxylation sites is 1. The standard InChI is InChI=1S/C15H13N5O4S/c16-14-7-6-11(8-15(14)20(21)22)18-25(23,24)13-9-17-19(10-13)12-4-2-1-3-5-12/h1-10,18H,16H2. The highest BCUT2D eigenvalue weighted by molar-refractivity contribution is 7.92. The van der Waals surface area contributed by atoms with Gasteiger partial charge in [0.05, 0.1) is 28.7 Å². The second-order valence-electron chi connectivity index (χ2n) is 5.09. The molecular weight excluding hydrogens is 346 g/mol. The monoisotopic (exact) mass is 359 g/mol. The van der Waals surface area contributed by atoms with Crippen LogP contribution in [0.4, 0.5) is 17.1 Å². The molecule has 2 aromatic carbocycles. The van der Waals surface area contributed by atoms with Crippen molar-refractivity contribution in [1.82, 2.24) is 9.78 Å². The van der Waals surface area contributed by atoms with E-state index in [2.05, 4.69) is 9.82 Å². The summed E-state index contributed by atoms with van der Waals surface area (Å²) in [7, 11) is -3.95. The second kappa shape index (κ2) is 6.24. The summed E-state index contributed by atoms with van der Waals surface area (Å²) in [6.07, 6.45) is 2.55. The highest BCUT2D eigenvalue weighted by Crippen LogP contribution is 2.26. The number of hydrogen-bond acceptors (Lipinski definition) is 6. The molecule has 10 heteroatoms. The summed E-state index contributed by atoms with van der Waals surface area (Å²) >= 11 is 0. The molecule has 25 heavy (non-hydrogen) atoms. The maximum Gasteiger partial charge on any atom is 0.294 e. The average Bonchev–Trinajstić information content (AvgIpc) is 3.08. The van der Waals surface area contributed by atoms with Crippen molar-refractivity contribution in [3.63, 3.8) is 0 Å². The molecule has 1 aromatic heterocycles.